The van der Waals surface area contributed by atoms with Gasteiger partial charge in [-0.1, -0.05) is 12.1 Å². The van der Waals surface area contributed by atoms with E-state index < -0.39 is 17.9 Å². The van der Waals surface area contributed by atoms with Crippen LogP contribution in [0.5, 0.6) is 0 Å². The zero-order chi connectivity index (χ0) is 18.0. The number of para-hydroxylation sites is 1. The molecule has 1 saturated heterocycles. The maximum Gasteiger partial charge on any atom is 0.319 e. The highest BCUT2D eigenvalue weighted by molar-refractivity contribution is 6.02. The molecule has 3 amide bonds. The van der Waals surface area contributed by atoms with Crippen molar-refractivity contribution in [3.63, 3.8) is 0 Å². The van der Waals surface area contributed by atoms with Crippen LogP contribution in [0.4, 0.5) is 25.0 Å². The average molecular weight is 345 g/mol. The van der Waals surface area contributed by atoms with Gasteiger partial charge in [-0.3, -0.25) is 4.79 Å². The van der Waals surface area contributed by atoms with Crippen molar-refractivity contribution in [3.8, 4) is 0 Å². The molecule has 0 aromatic heterocycles. The van der Waals surface area contributed by atoms with Gasteiger partial charge in [-0.25, -0.2) is 13.6 Å². The van der Waals surface area contributed by atoms with Crippen LogP contribution in [-0.2, 0) is 4.79 Å². The number of hydrogen-bond acceptors (Lipinski definition) is 2. The van der Waals surface area contributed by atoms with Gasteiger partial charge in [-0.15, -0.1) is 0 Å². The molecule has 0 saturated carbocycles. The van der Waals surface area contributed by atoms with Gasteiger partial charge >= 0.3 is 6.03 Å². The number of urea groups is 1. The van der Waals surface area contributed by atoms with Gasteiger partial charge in [0.15, 0.2) is 0 Å². The van der Waals surface area contributed by atoms with Crippen LogP contribution in [0.3, 0.4) is 0 Å². The van der Waals surface area contributed by atoms with E-state index in [1.807, 2.05) is 0 Å². The van der Waals surface area contributed by atoms with E-state index in [1.54, 1.807) is 19.1 Å². The zero-order valence-electron chi connectivity index (χ0n) is 13.6. The number of benzene rings is 2. The second-order valence-corrected chi connectivity index (χ2v) is 5.84. The molecule has 1 aliphatic rings. The molecule has 1 heterocycles. The Labute approximate surface area is 143 Å². The molecule has 2 N–H and O–H groups in total. The Bertz CT molecular complexity index is 826. The first-order chi connectivity index (χ1) is 12.0. The summed E-state index contributed by atoms with van der Waals surface area (Å²) in [5.74, 6) is -1.18. The molecule has 1 atom stereocenters. The summed E-state index contributed by atoms with van der Waals surface area (Å²) in [4.78, 5) is 26.0. The molecule has 0 radical (unpaired) electrons. The Morgan fingerprint density at radius 1 is 1.16 bits per heavy atom. The van der Waals surface area contributed by atoms with Gasteiger partial charge in [0.1, 0.15) is 17.7 Å². The van der Waals surface area contributed by atoms with Crippen LogP contribution >= 0.6 is 0 Å². The fraction of sp³-hybridized carbons (Fsp3) is 0.222. The van der Waals surface area contributed by atoms with Gasteiger partial charge in [0, 0.05) is 12.2 Å². The lowest BCUT2D eigenvalue weighted by Crippen LogP contribution is -2.43. The second kappa shape index (κ2) is 6.88. The van der Waals surface area contributed by atoms with Crippen molar-refractivity contribution in [1.82, 2.24) is 5.32 Å². The molecule has 2 aromatic carbocycles. The summed E-state index contributed by atoms with van der Waals surface area (Å²) < 4.78 is 26.9. The van der Waals surface area contributed by atoms with E-state index in [2.05, 4.69) is 10.6 Å². The van der Waals surface area contributed by atoms with Crippen LogP contribution in [0.15, 0.2) is 42.5 Å². The third kappa shape index (κ3) is 3.60. The predicted octanol–water partition coefficient (Wildman–Crippen LogP) is 3.20. The minimum Gasteiger partial charge on any atom is -0.326 e. The minimum absolute atomic E-state index is 0.0384. The summed E-state index contributed by atoms with van der Waals surface area (Å²) in [6, 6.07) is 8.84. The van der Waals surface area contributed by atoms with Crippen molar-refractivity contribution >= 4 is 23.3 Å². The number of rotatable bonds is 3. The quantitative estimate of drug-likeness (QED) is 0.897. The zero-order valence-corrected chi connectivity index (χ0v) is 13.6. The molecule has 7 heteroatoms. The van der Waals surface area contributed by atoms with Crippen LogP contribution in [0, 0.1) is 18.6 Å². The number of aryl methyl sites for hydroxylation is 1. The number of halogens is 2. The normalized spacial score (nSPS) is 16.8. The number of hydrogen-bond donors (Lipinski definition) is 2. The highest BCUT2D eigenvalue weighted by Gasteiger charge is 2.33. The number of carbonyl (C=O) groups excluding carboxylic acids is 2. The van der Waals surface area contributed by atoms with Crippen molar-refractivity contribution in [2.24, 2.45) is 0 Å². The molecule has 1 fully saturated rings. The van der Waals surface area contributed by atoms with E-state index in [1.165, 1.54) is 35.2 Å². The summed E-state index contributed by atoms with van der Waals surface area (Å²) in [5, 5.41) is 4.93. The average Bonchev–Trinajstić information content (AvgIpc) is 2.93. The maximum absolute atomic E-state index is 13.5. The lowest BCUT2D eigenvalue weighted by Gasteiger charge is -2.18. The third-order valence-electron chi connectivity index (χ3n) is 4.09. The molecule has 130 valence electrons. The first-order valence-corrected chi connectivity index (χ1v) is 7.85. The van der Waals surface area contributed by atoms with Crippen LogP contribution in [0.1, 0.15) is 12.0 Å². The van der Waals surface area contributed by atoms with E-state index in [0.29, 0.717) is 24.2 Å². The Hall–Kier alpha value is -2.96. The molecular weight excluding hydrogens is 328 g/mol. The smallest absolute Gasteiger partial charge is 0.319 e. The molecule has 0 bridgehead atoms. The van der Waals surface area contributed by atoms with E-state index in [9.17, 15) is 18.4 Å². The number of anilines is 2. The van der Waals surface area contributed by atoms with Crippen molar-refractivity contribution < 1.29 is 18.4 Å². The maximum atomic E-state index is 13.5. The summed E-state index contributed by atoms with van der Waals surface area (Å²) in [5.41, 5.74) is 1.07. The largest absolute Gasteiger partial charge is 0.326 e. The summed E-state index contributed by atoms with van der Waals surface area (Å²) >= 11 is 0. The van der Waals surface area contributed by atoms with Gasteiger partial charge in [-0.05, 0) is 49.2 Å². The number of amides is 3. The Balaban J connectivity index is 1.65. The standard InChI is InChI=1S/C18H17F2N3O2/c1-11-10-12(6-7-13(11)19)23-9-8-16(17(23)24)22-18(25)21-15-5-3-2-4-14(15)20/h2-7,10,16H,8-9H2,1H3,(H2,21,22,25)/t16-/m1/s1. The van der Waals surface area contributed by atoms with Crippen molar-refractivity contribution in [2.45, 2.75) is 19.4 Å². The Morgan fingerprint density at radius 2 is 1.92 bits per heavy atom. The highest BCUT2D eigenvalue weighted by Crippen LogP contribution is 2.24. The van der Waals surface area contributed by atoms with E-state index in [0.717, 1.165) is 0 Å². The molecule has 2 aromatic rings. The molecule has 0 aliphatic carbocycles. The number of carbonyl (C=O) groups is 2. The van der Waals surface area contributed by atoms with Gasteiger partial charge in [0.05, 0.1) is 5.69 Å². The molecule has 1 aliphatic heterocycles. The van der Waals surface area contributed by atoms with Crippen LogP contribution in [0.2, 0.25) is 0 Å². The van der Waals surface area contributed by atoms with Gasteiger partial charge in [-0.2, -0.15) is 0 Å². The lowest BCUT2D eigenvalue weighted by molar-refractivity contribution is -0.118. The third-order valence-corrected chi connectivity index (χ3v) is 4.09. The van der Waals surface area contributed by atoms with E-state index in [4.69, 9.17) is 0 Å². The molecule has 3 rings (SSSR count). The molecular formula is C18H17F2N3O2. The molecule has 0 spiro atoms. The Kier molecular flexibility index (Phi) is 4.65. The van der Waals surface area contributed by atoms with Crippen molar-refractivity contribution in [2.75, 3.05) is 16.8 Å². The highest BCUT2D eigenvalue weighted by atomic mass is 19.1. The van der Waals surface area contributed by atoms with Crippen molar-refractivity contribution in [1.29, 1.82) is 0 Å². The Morgan fingerprint density at radius 3 is 2.64 bits per heavy atom. The van der Waals surface area contributed by atoms with Gasteiger partial charge in [0.2, 0.25) is 5.91 Å². The molecule has 5 nitrogen and oxygen atoms in total. The SMILES string of the molecule is Cc1cc(N2CC[C@@H](NC(=O)Nc3ccccc3F)C2=O)ccc1F. The summed E-state index contributed by atoms with van der Waals surface area (Å²) in [6.45, 7) is 2.03. The first-order valence-electron chi connectivity index (χ1n) is 7.85. The first kappa shape index (κ1) is 16.9. The van der Waals surface area contributed by atoms with Gasteiger partial charge in [0.25, 0.3) is 0 Å². The van der Waals surface area contributed by atoms with Crippen LogP contribution < -0.4 is 15.5 Å². The fourth-order valence-electron chi connectivity index (χ4n) is 2.75. The second-order valence-electron chi connectivity index (χ2n) is 5.84. The molecule has 0 unspecified atom stereocenters. The van der Waals surface area contributed by atoms with E-state index in [-0.39, 0.29) is 17.4 Å². The van der Waals surface area contributed by atoms with Crippen LogP contribution in [0.25, 0.3) is 0 Å². The minimum atomic E-state index is -0.711. The molecule has 25 heavy (non-hydrogen) atoms. The predicted molar refractivity (Wildman–Crippen MR) is 90.4 cm³/mol. The lowest BCUT2D eigenvalue weighted by atomic mass is 10.2. The monoisotopic (exact) mass is 345 g/mol. The van der Waals surface area contributed by atoms with Gasteiger partial charge < -0.3 is 15.5 Å². The summed E-state index contributed by atoms with van der Waals surface area (Å²) in [7, 11) is 0. The fourth-order valence-corrected chi connectivity index (χ4v) is 2.75. The van der Waals surface area contributed by atoms with Crippen molar-refractivity contribution in [3.05, 3.63) is 59.7 Å². The van der Waals surface area contributed by atoms with E-state index >= 15 is 0 Å². The number of nitrogens with one attached hydrogen (secondary N) is 2. The van der Waals surface area contributed by atoms with Crippen LogP contribution in [-0.4, -0.2) is 24.5 Å². The number of nitrogens with zero attached hydrogens (tertiary/aromatic N) is 1. The topological polar surface area (TPSA) is 61.4 Å². The summed E-state index contributed by atoms with van der Waals surface area (Å²) in [6.07, 6.45) is 0.417.